The Labute approximate surface area is 99.3 Å². The number of nitrogens with two attached hydrogens (primary N) is 1. The smallest absolute Gasteiger partial charge is 0.239 e. The van der Waals surface area contributed by atoms with Gasteiger partial charge in [-0.05, 0) is 25.7 Å². The van der Waals surface area contributed by atoms with Crippen LogP contribution < -0.4 is 11.1 Å². The maximum atomic E-state index is 11.2. The van der Waals surface area contributed by atoms with Crippen LogP contribution in [0, 0.1) is 0 Å². The third kappa shape index (κ3) is 2.80. The van der Waals surface area contributed by atoms with E-state index in [9.17, 15) is 4.79 Å². The van der Waals surface area contributed by atoms with E-state index in [1.165, 1.54) is 36.3 Å². The molecule has 1 amide bonds. The molecule has 1 aromatic heterocycles. The van der Waals surface area contributed by atoms with Gasteiger partial charge in [0.05, 0.1) is 12.2 Å². The number of aromatic nitrogens is 1. The number of rotatable bonds is 2. The molecule has 88 valence electrons. The molecular weight excluding hydrogens is 222 g/mol. The topological polar surface area (TPSA) is 68.0 Å². The number of thiazole rings is 1. The first kappa shape index (κ1) is 11.5. The number of carbonyl (C=O) groups excluding carboxylic acids is 1. The van der Waals surface area contributed by atoms with Crippen LogP contribution in [-0.2, 0) is 17.6 Å². The number of carbonyl (C=O) groups is 1. The third-order valence-corrected chi connectivity index (χ3v) is 3.85. The third-order valence-electron chi connectivity index (χ3n) is 2.78. The number of nitrogens with one attached hydrogen (secondary N) is 1. The lowest BCUT2D eigenvalue weighted by Gasteiger charge is -2.06. The summed E-state index contributed by atoms with van der Waals surface area (Å²) in [5.41, 5.74) is 6.43. The fourth-order valence-corrected chi connectivity index (χ4v) is 3.00. The van der Waals surface area contributed by atoms with Gasteiger partial charge in [0.2, 0.25) is 5.91 Å². The number of anilines is 1. The van der Waals surface area contributed by atoms with Crippen LogP contribution in [0.5, 0.6) is 0 Å². The molecule has 2 rings (SSSR count). The van der Waals surface area contributed by atoms with Crippen molar-refractivity contribution in [3.05, 3.63) is 10.6 Å². The molecule has 0 unspecified atom stereocenters. The second kappa shape index (κ2) is 5.41. The summed E-state index contributed by atoms with van der Waals surface area (Å²) in [5.74, 6) is -0.165. The normalized spacial score (nSPS) is 16.1. The van der Waals surface area contributed by atoms with E-state index in [1.54, 1.807) is 11.3 Å². The zero-order valence-electron chi connectivity index (χ0n) is 9.29. The minimum absolute atomic E-state index is 0.0181. The van der Waals surface area contributed by atoms with Crippen LogP contribution in [0.2, 0.25) is 0 Å². The van der Waals surface area contributed by atoms with Crippen molar-refractivity contribution >= 4 is 22.4 Å². The summed E-state index contributed by atoms with van der Waals surface area (Å²) >= 11 is 1.60. The zero-order valence-corrected chi connectivity index (χ0v) is 10.1. The number of fused-ring (bicyclic) bond motifs is 1. The highest BCUT2D eigenvalue weighted by molar-refractivity contribution is 7.15. The largest absolute Gasteiger partial charge is 0.322 e. The first-order chi connectivity index (χ1) is 7.79. The van der Waals surface area contributed by atoms with E-state index in [0.717, 1.165) is 12.8 Å². The van der Waals surface area contributed by atoms with Crippen molar-refractivity contribution < 1.29 is 4.79 Å². The van der Waals surface area contributed by atoms with E-state index >= 15 is 0 Å². The van der Waals surface area contributed by atoms with Crippen LogP contribution in [0.25, 0.3) is 0 Å². The Hall–Kier alpha value is -0.940. The van der Waals surface area contributed by atoms with Crippen molar-refractivity contribution in [3.8, 4) is 0 Å². The summed E-state index contributed by atoms with van der Waals surface area (Å²) < 4.78 is 0. The fraction of sp³-hybridized carbons (Fsp3) is 0.636. The number of amides is 1. The van der Waals surface area contributed by atoms with Gasteiger partial charge < -0.3 is 11.1 Å². The van der Waals surface area contributed by atoms with Gasteiger partial charge in [0, 0.05) is 4.88 Å². The molecule has 0 radical (unpaired) electrons. The molecule has 3 N–H and O–H groups in total. The van der Waals surface area contributed by atoms with E-state index in [4.69, 9.17) is 5.73 Å². The van der Waals surface area contributed by atoms with Crippen molar-refractivity contribution in [1.29, 1.82) is 0 Å². The second-order valence-corrected chi connectivity index (χ2v) is 5.14. The first-order valence-electron chi connectivity index (χ1n) is 5.78. The molecule has 0 fully saturated rings. The Kier molecular flexibility index (Phi) is 3.90. The van der Waals surface area contributed by atoms with Gasteiger partial charge in [0.1, 0.15) is 0 Å². The highest BCUT2D eigenvalue weighted by Crippen LogP contribution is 2.28. The molecule has 0 atom stereocenters. The SMILES string of the molecule is NCC(=O)Nc1nc2c(s1)CCCCCC2. The summed E-state index contributed by atoms with van der Waals surface area (Å²) in [6.07, 6.45) is 7.19. The maximum absolute atomic E-state index is 11.2. The van der Waals surface area contributed by atoms with Gasteiger partial charge in [-0.25, -0.2) is 4.98 Å². The lowest BCUT2D eigenvalue weighted by molar-refractivity contribution is -0.114. The molecule has 1 aliphatic carbocycles. The van der Waals surface area contributed by atoms with Crippen LogP contribution >= 0.6 is 11.3 Å². The number of nitrogens with zero attached hydrogens (tertiary/aromatic N) is 1. The van der Waals surface area contributed by atoms with Crippen molar-refractivity contribution in [2.45, 2.75) is 38.5 Å². The second-order valence-electron chi connectivity index (χ2n) is 4.06. The summed E-state index contributed by atoms with van der Waals surface area (Å²) in [4.78, 5) is 17.0. The number of hydrogen-bond acceptors (Lipinski definition) is 4. The molecule has 1 aliphatic rings. The highest BCUT2D eigenvalue weighted by atomic mass is 32.1. The molecule has 4 nitrogen and oxygen atoms in total. The van der Waals surface area contributed by atoms with Crippen molar-refractivity contribution in [2.75, 3.05) is 11.9 Å². The monoisotopic (exact) mass is 239 g/mol. The van der Waals surface area contributed by atoms with E-state index < -0.39 is 0 Å². The molecule has 1 aromatic rings. The van der Waals surface area contributed by atoms with Crippen LogP contribution in [-0.4, -0.2) is 17.4 Å². The molecule has 1 heterocycles. The Morgan fingerprint density at radius 2 is 2.06 bits per heavy atom. The molecule has 16 heavy (non-hydrogen) atoms. The van der Waals surface area contributed by atoms with Gasteiger partial charge in [-0.3, -0.25) is 4.79 Å². The van der Waals surface area contributed by atoms with Crippen molar-refractivity contribution in [3.63, 3.8) is 0 Å². The molecule has 5 heteroatoms. The van der Waals surface area contributed by atoms with Gasteiger partial charge >= 0.3 is 0 Å². The van der Waals surface area contributed by atoms with Crippen LogP contribution in [0.1, 0.15) is 36.3 Å². The number of aryl methyl sites for hydroxylation is 2. The fourth-order valence-electron chi connectivity index (χ4n) is 1.93. The van der Waals surface area contributed by atoms with Crippen LogP contribution in [0.4, 0.5) is 5.13 Å². The Morgan fingerprint density at radius 1 is 1.31 bits per heavy atom. The van der Waals surface area contributed by atoms with Gasteiger partial charge in [0.25, 0.3) is 0 Å². The Balaban J connectivity index is 2.11. The quantitative estimate of drug-likeness (QED) is 0.825. The summed E-state index contributed by atoms with van der Waals surface area (Å²) in [7, 11) is 0. The minimum atomic E-state index is -0.165. The summed E-state index contributed by atoms with van der Waals surface area (Å²) in [6.45, 7) is 0.0181. The molecular formula is C11H17N3OS. The van der Waals surface area contributed by atoms with E-state index in [1.807, 2.05) is 0 Å². The van der Waals surface area contributed by atoms with E-state index in [2.05, 4.69) is 10.3 Å². The van der Waals surface area contributed by atoms with Gasteiger partial charge in [-0.1, -0.05) is 12.8 Å². The predicted molar refractivity (Wildman–Crippen MR) is 65.7 cm³/mol. The van der Waals surface area contributed by atoms with E-state index in [-0.39, 0.29) is 12.5 Å². The van der Waals surface area contributed by atoms with Gasteiger partial charge in [-0.2, -0.15) is 0 Å². The van der Waals surface area contributed by atoms with E-state index in [0.29, 0.717) is 5.13 Å². The lowest BCUT2D eigenvalue weighted by atomic mass is 10.0. The average molecular weight is 239 g/mol. The van der Waals surface area contributed by atoms with Gasteiger partial charge in [0.15, 0.2) is 5.13 Å². The Bertz CT molecular complexity index is 350. The molecule has 0 saturated carbocycles. The van der Waals surface area contributed by atoms with Crippen molar-refractivity contribution in [1.82, 2.24) is 4.98 Å². The summed E-state index contributed by atoms with van der Waals surface area (Å²) in [6, 6.07) is 0. The Morgan fingerprint density at radius 3 is 2.81 bits per heavy atom. The highest BCUT2D eigenvalue weighted by Gasteiger charge is 2.14. The zero-order chi connectivity index (χ0) is 11.4. The minimum Gasteiger partial charge on any atom is -0.322 e. The lowest BCUT2D eigenvalue weighted by Crippen LogP contribution is -2.21. The van der Waals surface area contributed by atoms with Gasteiger partial charge in [-0.15, -0.1) is 11.3 Å². The molecule has 0 aliphatic heterocycles. The standard InChI is InChI=1S/C11H17N3OS/c12-7-10(15)14-11-13-8-5-3-1-2-4-6-9(8)16-11/h1-7,12H2,(H,13,14,15). The van der Waals surface area contributed by atoms with Crippen LogP contribution in [0.3, 0.4) is 0 Å². The molecule has 0 spiro atoms. The summed E-state index contributed by atoms with van der Waals surface area (Å²) in [5, 5.41) is 3.44. The molecule has 0 aromatic carbocycles. The number of hydrogen-bond donors (Lipinski definition) is 2. The first-order valence-corrected chi connectivity index (χ1v) is 6.59. The average Bonchev–Trinajstić information content (AvgIpc) is 2.60. The maximum Gasteiger partial charge on any atom is 0.239 e. The molecule has 0 bridgehead atoms. The predicted octanol–water partition coefficient (Wildman–Crippen LogP) is 1.70. The van der Waals surface area contributed by atoms with Crippen molar-refractivity contribution in [2.24, 2.45) is 5.73 Å². The van der Waals surface area contributed by atoms with Crippen LogP contribution in [0.15, 0.2) is 0 Å². The molecule has 0 saturated heterocycles.